The van der Waals surface area contributed by atoms with Gasteiger partial charge in [-0.2, -0.15) is 26.3 Å². The number of hydrogen-bond acceptors (Lipinski definition) is 3. The van der Waals surface area contributed by atoms with Gasteiger partial charge in [-0.3, -0.25) is 0 Å². The average molecular weight is 238 g/mol. The summed E-state index contributed by atoms with van der Waals surface area (Å²) in [4.78, 5) is 10.3. The van der Waals surface area contributed by atoms with Gasteiger partial charge in [0.05, 0.1) is 0 Å². The van der Waals surface area contributed by atoms with Gasteiger partial charge in [0, 0.05) is 0 Å². The number of hydrogen-bond donors (Lipinski definition) is 0. The van der Waals surface area contributed by atoms with Crippen LogP contribution in [0.1, 0.15) is 6.92 Å². The zero-order chi connectivity index (χ0) is 12.1. The highest BCUT2D eigenvalue weighted by Crippen LogP contribution is 2.47. The molecule has 0 amide bonds. The first-order chi connectivity index (χ1) is 6.48. The fraction of sp³-hybridized carbons (Fsp3) is 0.833. The Bertz CT molecular complexity index is 282. The van der Waals surface area contributed by atoms with Gasteiger partial charge in [0.15, 0.2) is 0 Å². The van der Waals surface area contributed by atoms with Crippen molar-refractivity contribution in [2.45, 2.75) is 31.0 Å². The van der Waals surface area contributed by atoms with Crippen molar-refractivity contribution in [2.24, 2.45) is 0 Å². The lowest BCUT2D eigenvalue weighted by Gasteiger charge is -2.29. The first-order valence-electron chi connectivity index (χ1n) is 3.51. The van der Waals surface area contributed by atoms with Gasteiger partial charge in [-0.1, -0.05) is 0 Å². The number of alkyl halides is 6. The molecule has 0 aromatic heterocycles. The van der Waals surface area contributed by atoms with E-state index in [1.165, 1.54) is 0 Å². The maximum atomic E-state index is 12.2. The van der Waals surface area contributed by atoms with Crippen molar-refractivity contribution in [1.29, 1.82) is 0 Å². The minimum atomic E-state index is -5.36. The topological polar surface area (TPSA) is 35.5 Å². The summed E-state index contributed by atoms with van der Waals surface area (Å²) in [6.45, 7) is 0.107. The van der Waals surface area contributed by atoms with Gasteiger partial charge >= 0.3 is 18.5 Å². The van der Waals surface area contributed by atoms with Crippen molar-refractivity contribution in [2.75, 3.05) is 0 Å². The van der Waals surface area contributed by atoms with Crippen LogP contribution in [0.3, 0.4) is 0 Å². The van der Waals surface area contributed by atoms with Crippen LogP contribution in [0.2, 0.25) is 0 Å². The molecule has 1 rings (SSSR count). The Kier molecular flexibility index (Phi) is 2.32. The molecule has 2 unspecified atom stereocenters. The van der Waals surface area contributed by atoms with E-state index in [1.807, 2.05) is 0 Å². The zero-order valence-corrected chi connectivity index (χ0v) is 7.07. The lowest BCUT2D eigenvalue weighted by molar-refractivity contribution is -0.299. The molecule has 1 heterocycles. The Balaban J connectivity index is 3.12. The third kappa shape index (κ3) is 1.82. The van der Waals surface area contributed by atoms with Crippen molar-refractivity contribution in [3.05, 3.63) is 0 Å². The van der Waals surface area contributed by atoms with Gasteiger partial charge in [0.2, 0.25) is 6.10 Å². The average Bonchev–Trinajstić information content (AvgIpc) is 2.24. The molecule has 0 spiro atoms. The normalized spacial score (nSPS) is 32.5. The summed E-state index contributed by atoms with van der Waals surface area (Å²) >= 11 is 0. The SMILES string of the molecule is CC1(C(F)(F)F)OC(=O)OC1C(F)(F)F. The summed E-state index contributed by atoms with van der Waals surface area (Å²) in [5.74, 6) is 0. The quantitative estimate of drug-likeness (QED) is 0.480. The summed E-state index contributed by atoms with van der Waals surface area (Å²) < 4.78 is 80.0. The zero-order valence-electron chi connectivity index (χ0n) is 7.07. The van der Waals surface area contributed by atoms with Gasteiger partial charge in [-0.05, 0) is 6.92 Å². The van der Waals surface area contributed by atoms with Crippen molar-refractivity contribution in [3.63, 3.8) is 0 Å². The van der Waals surface area contributed by atoms with E-state index in [4.69, 9.17) is 0 Å². The van der Waals surface area contributed by atoms with Crippen LogP contribution in [-0.4, -0.2) is 30.2 Å². The standard InChI is InChI=1S/C6H4F6O3/c1-4(6(10,11)12)2(5(7,8)9)14-3(13)15-4/h2H,1H3. The summed E-state index contributed by atoms with van der Waals surface area (Å²) in [6, 6.07) is 0. The third-order valence-corrected chi connectivity index (χ3v) is 1.87. The number of rotatable bonds is 0. The van der Waals surface area contributed by atoms with E-state index in [2.05, 4.69) is 9.47 Å². The van der Waals surface area contributed by atoms with Crippen LogP contribution >= 0.6 is 0 Å². The molecule has 1 saturated heterocycles. The summed E-state index contributed by atoms with van der Waals surface area (Å²) in [5, 5.41) is 0. The third-order valence-electron chi connectivity index (χ3n) is 1.87. The van der Waals surface area contributed by atoms with Crippen LogP contribution in [0.25, 0.3) is 0 Å². The van der Waals surface area contributed by atoms with Crippen molar-refractivity contribution < 1.29 is 40.6 Å². The van der Waals surface area contributed by atoms with Gasteiger partial charge in [0.25, 0.3) is 5.60 Å². The second kappa shape index (κ2) is 2.92. The Hall–Kier alpha value is -1.15. The predicted octanol–water partition coefficient (Wildman–Crippen LogP) is 2.41. The van der Waals surface area contributed by atoms with Gasteiger partial charge < -0.3 is 9.47 Å². The monoisotopic (exact) mass is 238 g/mol. The number of cyclic esters (lactones) is 2. The molecule has 2 atom stereocenters. The molecular formula is C6H4F6O3. The fourth-order valence-electron chi connectivity index (χ4n) is 1.04. The molecule has 0 aromatic rings. The Morgan fingerprint density at radius 2 is 1.67 bits per heavy atom. The molecule has 9 heteroatoms. The van der Waals surface area contributed by atoms with Crippen molar-refractivity contribution in [1.82, 2.24) is 0 Å². The Morgan fingerprint density at radius 1 is 1.20 bits per heavy atom. The molecule has 0 aliphatic carbocycles. The molecular weight excluding hydrogens is 234 g/mol. The number of carbonyl (C=O) groups excluding carboxylic acids is 1. The molecule has 3 nitrogen and oxygen atoms in total. The molecule has 0 saturated carbocycles. The van der Waals surface area contributed by atoms with E-state index >= 15 is 0 Å². The molecule has 1 aliphatic rings. The fourth-order valence-corrected chi connectivity index (χ4v) is 1.04. The maximum absolute atomic E-state index is 12.2. The largest absolute Gasteiger partial charge is 0.510 e. The smallest absolute Gasteiger partial charge is 0.416 e. The van der Waals surface area contributed by atoms with Crippen LogP contribution in [0, 0.1) is 0 Å². The first-order valence-corrected chi connectivity index (χ1v) is 3.51. The number of halogens is 6. The van der Waals surface area contributed by atoms with Crippen LogP contribution in [0.5, 0.6) is 0 Å². The lowest BCUT2D eigenvalue weighted by Crippen LogP contribution is -2.55. The molecule has 0 radical (unpaired) electrons. The van der Waals surface area contributed by atoms with E-state index in [9.17, 15) is 31.1 Å². The summed E-state index contributed by atoms with van der Waals surface area (Å²) in [7, 11) is 0. The second-order valence-corrected chi connectivity index (χ2v) is 3.00. The molecule has 88 valence electrons. The molecule has 15 heavy (non-hydrogen) atoms. The van der Waals surface area contributed by atoms with Crippen LogP contribution in [0.4, 0.5) is 31.1 Å². The second-order valence-electron chi connectivity index (χ2n) is 3.00. The van der Waals surface area contributed by atoms with Crippen molar-refractivity contribution in [3.8, 4) is 0 Å². The molecule has 1 aliphatic heterocycles. The van der Waals surface area contributed by atoms with Gasteiger partial charge in [0.1, 0.15) is 0 Å². The number of ether oxygens (including phenoxy) is 2. The molecule has 0 N–H and O–H groups in total. The summed E-state index contributed by atoms with van der Waals surface area (Å²) in [5.41, 5.74) is -3.69. The van der Waals surface area contributed by atoms with E-state index in [1.54, 1.807) is 0 Å². The highest BCUT2D eigenvalue weighted by molar-refractivity contribution is 5.64. The van der Waals surface area contributed by atoms with E-state index in [0.717, 1.165) is 0 Å². The minimum absolute atomic E-state index is 0.107. The van der Waals surface area contributed by atoms with Crippen molar-refractivity contribution >= 4 is 6.16 Å². The van der Waals surface area contributed by atoms with E-state index in [-0.39, 0.29) is 6.92 Å². The molecule has 1 fully saturated rings. The van der Waals surface area contributed by atoms with E-state index < -0.39 is 30.2 Å². The highest BCUT2D eigenvalue weighted by Gasteiger charge is 2.73. The lowest BCUT2D eigenvalue weighted by atomic mass is 9.98. The summed E-state index contributed by atoms with van der Waals surface area (Å²) in [6.07, 6.45) is -16.0. The van der Waals surface area contributed by atoms with Gasteiger partial charge in [-0.15, -0.1) is 0 Å². The maximum Gasteiger partial charge on any atom is 0.510 e. The molecule has 0 bridgehead atoms. The molecule has 0 aromatic carbocycles. The van der Waals surface area contributed by atoms with Crippen LogP contribution in [0.15, 0.2) is 0 Å². The van der Waals surface area contributed by atoms with Crippen LogP contribution < -0.4 is 0 Å². The minimum Gasteiger partial charge on any atom is -0.416 e. The Labute approximate surface area is 78.9 Å². The van der Waals surface area contributed by atoms with Crippen LogP contribution in [-0.2, 0) is 9.47 Å². The Morgan fingerprint density at radius 3 is 1.93 bits per heavy atom. The van der Waals surface area contributed by atoms with Gasteiger partial charge in [-0.25, -0.2) is 4.79 Å². The predicted molar refractivity (Wildman–Crippen MR) is 31.9 cm³/mol. The van der Waals surface area contributed by atoms with E-state index in [0.29, 0.717) is 0 Å². The first kappa shape index (κ1) is 11.9. The highest BCUT2D eigenvalue weighted by atomic mass is 19.4. The number of carbonyl (C=O) groups is 1.